The summed E-state index contributed by atoms with van der Waals surface area (Å²) in [5, 5.41) is 0. The van der Waals surface area contributed by atoms with E-state index in [1.165, 1.54) is 26.4 Å². The van der Waals surface area contributed by atoms with Crippen LogP contribution in [0.5, 0.6) is 11.5 Å². The van der Waals surface area contributed by atoms with Crippen LogP contribution in [0, 0.1) is 0 Å². The molecule has 0 aliphatic heterocycles. The molecule has 0 saturated carbocycles. The van der Waals surface area contributed by atoms with Crippen molar-refractivity contribution in [3.63, 3.8) is 0 Å². The van der Waals surface area contributed by atoms with Gasteiger partial charge in [-0.25, -0.2) is 0 Å². The maximum absolute atomic E-state index is 12.3. The number of ketones is 1. The van der Waals surface area contributed by atoms with Gasteiger partial charge in [-0.15, -0.1) is 0 Å². The number of carbonyl (C=O) groups is 1. The van der Waals surface area contributed by atoms with Gasteiger partial charge in [-0.05, 0) is 40.2 Å². The van der Waals surface area contributed by atoms with Crippen LogP contribution in [0.4, 0.5) is 13.2 Å². The Balaban J connectivity index is 3.19. The van der Waals surface area contributed by atoms with Gasteiger partial charge in [0.2, 0.25) is 0 Å². The molecule has 1 aromatic rings. The summed E-state index contributed by atoms with van der Waals surface area (Å²) in [4.78, 5) is 11.0. The molecule has 7 heteroatoms. The van der Waals surface area contributed by atoms with Crippen LogP contribution in [0.15, 0.2) is 22.7 Å². The highest BCUT2D eigenvalue weighted by molar-refractivity contribution is 9.12. The van der Waals surface area contributed by atoms with Crippen molar-refractivity contribution in [2.75, 3.05) is 14.2 Å². The Morgan fingerprint density at radius 1 is 1.26 bits per heavy atom. The first-order chi connectivity index (χ1) is 8.79. The predicted octanol–water partition coefficient (Wildman–Crippen LogP) is 3.57. The van der Waals surface area contributed by atoms with Gasteiger partial charge in [0.15, 0.2) is 0 Å². The molecule has 0 amide bonds. The molecule has 0 bridgehead atoms. The van der Waals surface area contributed by atoms with Crippen LogP contribution in [0.1, 0.15) is 5.56 Å². The molecule has 1 rings (SSSR count). The normalized spacial score (nSPS) is 12.2. The van der Waals surface area contributed by atoms with Gasteiger partial charge < -0.3 is 9.47 Å². The summed E-state index contributed by atoms with van der Waals surface area (Å²) in [5.74, 6) is -1.20. The first-order valence-corrected chi connectivity index (χ1v) is 5.79. The van der Waals surface area contributed by atoms with Crippen LogP contribution >= 0.6 is 15.9 Å². The second kappa shape index (κ2) is 6.10. The van der Waals surface area contributed by atoms with Crippen molar-refractivity contribution >= 4 is 27.8 Å². The summed E-state index contributed by atoms with van der Waals surface area (Å²) in [6.07, 6.45) is -3.89. The van der Waals surface area contributed by atoms with Gasteiger partial charge in [-0.3, -0.25) is 4.79 Å². The minimum absolute atomic E-state index is 0.298. The Morgan fingerprint density at radius 3 is 2.37 bits per heavy atom. The summed E-state index contributed by atoms with van der Waals surface area (Å²) >= 11 is 2.62. The standard InChI is InChI=1S/C12H10BrF3O3/c1-18-8-3-4-10(19-2)7(5-8)6-9(13)11(17)12(14,15)16/h3-6H,1-2H3/b9-6-. The summed E-state index contributed by atoms with van der Waals surface area (Å²) in [6.45, 7) is 0. The quantitative estimate of drug-likeness (QED) is 0.787. The molecule has 0 radical (unpaired) electrons. The number of carbonyl (C=O) groups excluding carboxylic acids is 1. The van der Waals surface area contributed by atoms with Crippen LogP contribution < -0.4 is 9.47 Å². The Morgan fingerprint density at radius 2 is 1.89 bits per heavy atom. The zero-order valence-electron chi connectivity index (χ0n) is 10.0. The first-order valence-electron chi connectivity index (χ1n) is 5.00. The number of rotatable bonds is 4. The average Bonchev–Trinajstić information content (AvgIpc) is 2.36. The molecule has 0 saturated heterocycles. The third kappa shape index (κ3) is 3.99. The maximum atomic E-state index is 12.3. The van der Waals surface area contributed by atoms with Crippen molar-refractivity contribution in [3.8, 4) is 11.5 Å². The van der Waals surface area contributed by atoms with Crippen LogP contribution in [0.3, 0.4) is 0 Å². The Bertz CT molecular complexity index is 509. The van der Waals surface area contributed by atoms with E-state index in [-0.39, 0.29) is 0 Å². The number of hydrogen-bond donors (Lipinski definition) is 0. The van der Waals surface area contributed by atoms with E-state index in [1.807, 2.05) is 0 Å². The van der Waals surface area contributed by atoms with Crippen LogP contribution in [-0.4, -0.2) is 26.2 Å². The molecule has 0 aliphatic rings. The molecule has 104 valence electrons. The summed E-state index contributed by atoms with van der Waals surface area (Å²) in [7, 11) is 2.80. The number of Topliss-reactive ketones (excluding diaryl/α,β-unsaturated/α-hetero) is 1. The number of halogens is 4. The first kappa shape index (κ1) is 15.6. The Hall–Kier alpha value is -1.50. The second-order valence-electron chi connectivity index (χ2n) is 3.43. The fraction of sp³-hybridized carbons (Fsp3) is 0.250. The van der Waals surface area contributed by atoms with Crippen molar-refractivity contribution < 1.29 is 27.4 Å². The zero-order chi connectivity index (χ0) is 14.6. The highest BCUT2D eigenvalue weighted by Crippen LogP contribution is 2.30. The van der Waals surface area contributed by atoms with Crippen LogP contribution in [-0.2, 0) is 4.79 Å². The number of allylic oxidation sites excluding steroid dienone is 1. The molecular weight excluding hydrogens is 329 g/mol. The van der Waals surface area contributed by atoms with Crippen LogP contribution in [0.25, 0.3) is 6.08 Å². The number of alkyl halides is 3. The van der Waals surface area contributed by atoms with E-state index >= 15 is 0 Å². The highest BCUT2D eigenvalue weighted by Gasteiger charge is 2.39. The molecule has 0 N–H and O–H groups in total. The minimum atomic E-state index is -4.93. The van der Waals surface area contributed by atoms with Gasteiger partial charge in [0.25, 0.3) is 5.78 Å². The zero-order valence-corrected chi connectivity index (χ0v) is 11.6. The van der Waals surface area contributed by atoms with E-state index in [9.17, 15) is 18.0 Å². The highest BCUT2D eigenvalue weighted by atomic mass is 79.9. The Labute approximate surface area is 116 Å². The lowest BCUT2D eigenvalue weighted by Gasteiger charge is -2.08. The van der Waals surface area contributed by atoms with Gasteiger partial charge in [0.1, 0.15) is 11.5 Å². The van der Waals surface area contributed by atoms with Crippen LogP contribution in [0.2, 0.25) is 0 Å². The maximum Gasteiger partial charge on any atom is 0.455 e. The predicted molar refractivity (Wildman–Crippen MR) is 67.5 cm³/mol. The number of benzene rings is 1. The lowest BCUT2D eigenvalue weighted by Crippen LogP contribution is -2.22. The van der Waals surface area contributed by atoms with Gasteiger partial charge in [0.05, 0.1) is 18.7 Å². The Kier molecular flexibility index (Phi) is 4.99. The topological polar surface area (TPSA) is 35.5 Å². The molecule has 3 nitrogen and oxygen atoms in total. The van der Waals surface area contributed by atoms with Gasteiger partial charge in [0, 0.05) is 5.56 Å². The lowest BCUT2D eigenvalue weighted by molar-refractivity contribution is -0.165. The molecule has 0 fully saturated rings. The molecule has 0 aliphatic carbocycles. The SMILES string of the molecule is COc1ccc(OC)c(/C=C(\Br)C(=O)C(F)(F)F)c1. The third-order valence-electron chi connectivity index (χ3n) is 2.19. The van der Waals surface area contributed by atoms with E-state index in [2.05, 4.69) is 15.9 Å². The van der Waals surface area contributed by atoms with E-state index in [1.54, 1.807) is 6.07 Å². The molecule has 0 spiro atoms. The third-order valence-corrected chi connectivity index (χ3v) is 2.78. The summed E-state index contributed by atoms with van der Waals surface area (Å²) < 4.78 is 46.1. The summed E-state index contributed by atoms with van der Waals surface area (Å²) in [5.41, 5.74) is 0.298. The van der Waals surface area contributed by atoms with E-state index in [0.29, 0.717) is 17.1 Å². The minimum Gasteiger partial charge on any atom is -0.497 e. The summed E-state index contributed by atoms with van der Waals surface area (Å²) in [6, 6.07) is 4.59. The van der Waals surface area contributed by atoms with Gasteiger partial charge in [-0.2, -0.15) is 13.2 Å². The second-order valence-corrected chi connectivity index (χ2v) is 4.28. The number of ether oxygens (including phenoxy) is 2. The van der Waals surface area contributed by atoms with Crippen molar-refractivity contribution in [2.45, 2.75) is 6.18 Å². The number of methoxy groups -OCH3 is 2. The monoisotopic (exact) mass is 338 g/mol. The molecule has 0 atom stereocenters. The van der Waals surface area contributed by atoms with Gasteiger partial charge in [-0.1, -0.05) is 0 Å². The largest absolute Gasteiger partial charge is 0.497 e. The van der Waals surface area contributed by atoms with E-state index in [4.69, 9.17) is 9.47 Å². The van der Waals surface area contributed by atoms with E-state index in [0.717, 1.165) is 6.08 Å². The molecule has 19 heavy (non-hydrogen) atoms. The average molecular weight is 339 g/mol. The fourth-order valence-electron chi connectivity index (χ4n) is 1.29. The van der Waals surface area contributed by atoms with E-state index < -0.39 is 16.4 Å². The fourth-order valence-corrected chi connectivity index (χ4v) is 1.76. The molecular formula is C12H10BrF3O3. The van der Waals surface area contributed by atoms with Crippen molar-refractivity contribution in [1.29, 1.82) is 0 Å². The van der Waals surface area contributed by atoms with Crippen molar-refractivity contribution in [1.82, 2.24) is 0 Å². The number of hydrogen-bond acceptors (Lipinski definition) is 3. The molecule has 0 heterocycles. The lowest BCUT2D eigenvalue weighted by atomic mass is 10.1. The molecule has 1 aromatic carbocycles. The van der Waals surface area contributed by atoms with Crippen molar-refractivity contribution in [2.24, 2.45) is 0 Å². The molecule has 0 unspecified atom stereocenters. The smallest absolute Gasteiger partial charge is 0.455 e. The van der Waals surface area contributed by atoms with Gasteiger partial charge >= 0.3 is 6.18 Å². The molecule has 0 aromatic heterocycles. The van der Waals surface area contributed by atoms with Crippen molar-refractivity contribution in [3.05, 3.63) is 28.2 Å².